The zero-order valence-electron chi connectivity index (χ0n) is 12.1. The molecule has 2 nitrogen and oxygen atoms in total. The van der Waals surface area contributed by atoms with E-state index in [2.05, 4.69) is 32.0 Å². The molecular formula is C17H24O2. The van der Waals surface area contributed by atoms with Gasteiger partial charge in [-0.05, 0) is 43.9 Å². The minimum absolute atomic E-state index is 0.140. The third-order valence-corrected chi connectivity index (χ3v) is 4.81. The second-order valence-electron chi connectivity index (χ2n) is 6.17. The average Bonchev–Trinajstić information content (AvgIpc) is 2.83. The Bertz CT molecular complexity index is 447. The molecule has 0 radical (unpaired) electrons. The van der Waals surface area contributed by atoms with Gasteiger partial charge in [0, 0.05) is 12.8 Å². The molecule has 1 heterocycles. The van der Waals surface area contributed by atoms with Crippen LogP contribution in [0.3, 0.4) is 0 Å². The summed E-state index contributed by atoms with van der Waals surface area (Å²) in [5.41, 5.74) is 2.72. The van der Waals surface area contributed by atoms with E-state index in [9.17, 15) is 0 Å². The highest BCUT2D eigenvalue weighted by Crippen LogP contribution is 2.41. The molecule has 3 rings (SSSR count). The van der Waals surface area contributed by atoms with Crippen LogP contribution in [0.5, 0.6) is 5.75 Å². The number of rotatable bonds is 2. The van der Waals surface area contributed by atoms with Crippen LogP contribution in [0.15, 0.2) is 18.2 Å². The summed E-state index contributed by atoms with van der Waals surface area (Å²) >= 11 is 0. The molecule has 1 saturated carbocycles. The molecule has 1 unspecified atom stereocenters. The topological polar surface area (TPSA) is 18.5 Å². The molecule has 1 aliphatic heterocycles. The Hall–Kier alpha value is -1.02. The van der Waals surface area contributed by atoms with Crippen LogP contribution < -0.4 is 4.74 Å². The van der Waals surface area contributed by atoms with E-state index >= 15 is 0 Å². The monoisotopic (exact) mass is 260 g/mol. The van der Waals surface area contributed by atoms with Crippen LogP contribution in [0.4, 0.5) is 0 Å². The average molecular weight is 260 g/mol. The second-order valence-corrected chi connectivity index (χ2v) is 6.17. The smallest absolute Gasteiger partial charge is 0.122 e. The molecule has 2 heteroatoms. The van der Waals surface area contributed by atoms with Crippen molar-refractivity contribution in [3.8, 4) is 5.75 Å². The van der Waals surface area contributed by atoms with Crippen LogP contribution >= 0.6 is 0 Å². The highest BCUT2D eigenvalue weighted by Gasteiger charge is 2.40. The Morgan fingerprint density at radius 1 is 1.21 bits per heavy atom. The molecule has 0 aromatic heterocycles. The van der Waals surface area contributed by atoms with Crippen molar-refractivity contribution in [1.29, 1.82) is 0 Å². The van der Waals surface area contributed by atoms with E-state index in [1.165, 1.54) is 36.8 Å². The van der Waals surface area contributed by atoms with E-state index in [1.807, 2.05) is 0 Å². The van der Waals surface area contributed by atoms with Crippen molar-refractivity contribution >= 4 is 0 Å². The summed E-state index contributed by atoms with van der Waals surface area (Å²) in [5, 5.41) is 0. The first-order chi connectivity index (χ1) is 9.19. The first kappa shape index (κ1) is 13.0. The third-order valence-electron chi connectivity index (χ3n) is 4.81. The van der Waals surface area contributed by atoms with Crippen molar-refractivity contribution in [2.24, 2.45) is 0 Å². The SMILES string of the molecule is Cc1cccc(OC2CCOC3(CCCC3)C2)c1C. The Labute approximate surface area is 116 Å². The zero-order valence-corrected chi connectivity index (χ0v) is 12.1. The molecule has 0 bridgehead atoms. The molecule has 2 fully saturated rings. The summed E-state index contributed by atoms with van der Waals surface area (Å²) in [7, 11) is 0. The van der Waals surface area contributed by atoms with Gasteiger partial charge in [0.2, 0.25) is 0 Å². The Balaban J connectivity index is 1.71. The number of aryl methyl sites for hydroxylation is 1. The van der Waals surface area contributed by atoms with Gasteiger partial charge in [-0.15, -0.1) is 0 Å². The van der Waals surface area contributed by atoms with Gasteiger partial charge < -0.3 is 9.47 Å². The maximum absolute atomic E-state index is 6.27. The molecular weight excluding hydrogens is 236 g/mol. The van der Waals surface area contributed by atoms with E-state index < -0.39 is 0 Å². The first-order valence-electron chi connectivity index (χ1n) is 7.55. The predicted octanol–water partition coefficient (Wildman–Crippen LogP) is 4.17. The molecule has 0 N–H and O–H groups in total. The van der Waals surface area contributed by atoms with Gasteiger partial charge in [-0.25, -0.2) is 0 Å². The van der Waals surface area contributed by atoms with Crippen molar-refractivity contribution in [2.45, 2.75) is 64.1 Å². The lowest BCUT2D eigenvalue weighted by molar-refractivity contribution is -0.108. The summed E-state index contributed by atoms with van der Waals surface area (Å²) in [6, 6.07) is 6.33. The fraction of sp³-hybridized carbons (Fsp3) is 0.647. The van der Waals surface area contributed by atoms with Crippen LogP contribution in [0.25, 0.3) is 0 Å². The highest BCUT2D eigenvalue weighted by molar-refractivity contribution is 5.38. The maximum Gasteiger partial charge on any atom is 0.122 e. The van der Waals surface area contributed by atoms with Gasteiger partial charge in [0.05, 0.1) is 12.2 Å². The van der Waals surface area contributed by atoms with Gasteiger partial charge in [0.15, 0.2) is 0 Å². The molecule has 1 aliphatic carbocycles. The van der Waals surface area contributed by atoms with Crippen molar-refractivity contribution < 1.29 is 9.47 Å². The maximum atomic E-state index is 6.27. The standard InChI is InChI=1S/C17H24O2/c1-13-6-5-7-16(14(13)2)19-15-8-11-18-17(12-15)9-3-4-10-17/h5-7,15H,3-4,8-12H2,1-2H3. The number of hydrogen-bond acceptors (Lipinski definition) is 2. The minimum Gasteiger partial charge on any atom is -0.490 e. The summed E-state index contributed by atoms with van der Waals surface area (Å²) in [4.78, 5) is 0. The molecule has 1 spiro atoms. The van der Waals surface area contributed by atoms with Crippen LogP contribution in [-0.4, -0.2) is 18.3 Å². The Morgan fingerprint density at radius 2 is 2.00 bits per heavy atom. The van der Waals surface area contributed by atoms with Gasteiger partial charge in [0.1, 0.15) is 11.9 Å². The van der Waals surface area contributed by atoms with E-state index in [4.69, 9.17) is 9.47 Å². The number of benzene rings is 1. The molecule has 0 amide bonds. The summed E-state index contributed by atoms with van der Waals surface area (Å²) in [5.74, 6) is 1.06. The fourth-order valence-corrected chi connectivity index (χ4v) is 3.48. The normalized spacial score (nSPS) is 25.7. The summed E-state index contributed by atoms with van der Waals surface area (Å²) < 4.78 is 12.3. The predicted molar refractivity (Wildman–Crippen MR) is 76.7 cm³/mol. The summed E-state index contributed by atoms with van der Waals surface area (Å²) in [6.45, 7) is 5.15. The van der Waals surface area contributed by atoms with Crippen LogP contribution in [0.2, 0.25) is 0 Å². The molecule has 2 aliphatic rings. The van der Waals surface area contributed by atoms with E-state index in [-0.39, 0.29) is 5.60 Å². The fourth-order valence-electron chi connectivity index (χ4n) is 3.48. The molecule has 1 atom stereocenters. The van der Waals surface area contributed by atoms with Gasteiger partial charge in [-0.3, -0.25) is 0 Å². The van der Waals surface area contributed by atoms with Crippen LogP contribution in [-0.2, 0) is 4.74 Å². The number of ether oxygens (including phenoxy) is 2. The lowest BCUT2D eigenvalue weighted by Crippen LogP contribution is -2.41. The lowest BCUT2D eigenvalue weighted by atomic mass is 9.90. The van der Waals surface area contributed by atoms with Gasteiger partial charge in [0.25, 0.3) is 0 Å². The molecule has 19 heavy (non-hydrogen) atoms. The summed E-state index contributed by atoms with van der Waals surface area (Å²) in [6.07, 6.45) is 7.49. The quantitative estimate of drug-likeness (QED) is 0.794. The molecule has 1 saturated heterocycles. The largest absolute Gasteiger partial charge is 0.490 e. The van der Waals surface area contributed by atoms with Crippen molar-refractivity contribution in [3.63, 3.8) is 0 Å². The molecule has 1 aromatic carbocycles. The van der Waals surface area contributed by atoms with Crippen molar-refractivity contribution in [2.75, 3.05) is 6.61 Å². The van der Waals surface area contributed by atoms with Gasteiger partial charge >= 0.3 is 0 Å². The molecule has 104 valence electrons. The Morgan fingerprint density at radius 3 is 2.79 bits per heavy atom. The van der Waals surface area contributed by atoms with E-state index in [0.717, 1.165) is 25.2 Å². The second kappa shape index (κ2) is 5.16. The first-order valence-corrected chi connectivity index (χ1v) is 7.55. The lowest BCUT2D eigenvalue weighted by Gasteiger charge is -2.38. The van der Waals surface area contributed by atoms with Crippen LogP contribution in [0.1, 0.15) is 49.7 Å². The number of hydrogen-bond donors (Lipinski definition) is 0. The Kier molecular flexibility index (Phi) is 3.53. The van der Waals surface area contributed by atoms with Gasteiger partial charge in [-0.2, -0.15) is 0 Å². The van der Waals surface area contributed by atoms with E-state index in [1.54, 1.807) is 0 Å². The zero-order chi connectivity index (χ0) is 13.3. The van der Waals surface area contributed by atoms with Crippen molar-refractivity contribution in [3.05, 3.63) is 29.3 Å². The van der Waals surface area contributed by atoms with Crippen LogP contribution in [0, 0.1) is 13.8 Å². The molecule has 1 aromatic rings. The van der Waals surface area contributed by atoms with Crippen molar-refractivity contribution in [1.82, 2.24) is 0 Å². The highest BCUT2D eigenvalue weighted by atomic mass is 16.5. The van der Waals surface area contributed by atoms with Gasteiger partial charge in [-0.1, -0.05) is 25.0 Å². The minimum atomic E-state index is 0.140. The third kappa shape index (κ3) is 2.64. The van der Waals surface area contributed by atoms with E-state index in [0.29, 0.717) is 6.10 Å².